The molecule has 0 saturated carbocycles. The zero-order valence-electron chi connectivity index (χ0n) is 10.4. The molecule has 0 atom stereocenters. The second-order valence-corrected chi connectivity index (χ2v) is 3.57. The number of rotatable bonds is 6. The molecular weight excluding hydrogens is 220 g/mol. The molecule has 0 amide bonds. The van der Waals surface area contributed by atoms with E-state index in [4.69, 9.17) is 4.42 Å². The summed E-state index contributed by atoms with van der Waals surface area (Å²) in [4.78, 5) is 15.3. The molecule has 1 N–H and O–H groups in total. The van der Waals surface area contributed by atoms with Gasteiger partial charge in [-0.15, -0.1) is 0 Å². The van der Waals surface area contributed by atoms with Gasteiger partial charge in [-0.1, -0.05) is 13.0 Å². The summed E-state index contributed by atoms with van der Waals surface area (Å²) >= 11 is 0. The number of aryl methyl sites for hydroxylation is 1. The van der Waals surface area contributed by atoms with E-state index in [9.17, 15) is 4.79 Å². The van der Waals surface area contributed by atoms with Crippen LogP contribution in [-0.4, -0.2) is 24.6 Å². The SMILES string of the molecule is CC/C(=C/CNCc1ncc(C)o1)C(=O)OC. The largest absolute Gasteiger partial charge is 0.466 e. The summed E-state index contributed by atoms with van der Waals surface area (Å²) in [5.74, 6) is 1.16. The van der Waals surface area contributed by atoms with Gasteiger partial charge in [0.25, 0.3) is 0 Å². The highest BCUT2D eigenvalue weighted by atomic mass is 16.5. The lowest BCUT2D eigenvalue weighted by Gasteiger charge is -2.02. The van der Waals surface area contributed by atoms with E-state index in [1.54, 1.807) is 6.20 Å². The molecule has 0 bridgehead atoms. The number of carbonyl (C=O) groups excluding carboxylic acids is 1. The number of oxazole rings is 1. The van der Waals surface area contributed by atoms with Gasteiger partial charge in [0.15, 0.2) is 0 Å². The van der Waals surface area contributed by atoms with Crippen molar-refractivity contribution in [1.82, 2.24) is 10.3 Å². The highest BCUT2D eigenvalue weighted by Gasteiger charge is 2.05. The highest BCUT2D eigenvalue weighted by molar-refractivity contribution is 5.88. The number of esters is 1. The van der Waals surface area contributed by atoms with Gasteiger partial charge in [-0.05, 0) is 13.3 Å². The summed E-state index contributed by atoms with van der Waals surface area (Å²) in [5, 5.41) is 3.12. The highest BCUT2D eigenvalue weighted by Crippen LogP contribution is 2.03. The molecule has 0 aliphatic carbocycles. The average Bonchev–Trinajstić information content (AvgIpc) is 2.74. The van der Waals surface area contributed by atoms with Crippen molar-refractivity contribution in [3.63, 3.8) is 0 Å². The smallest absolute Gasteiger partial charge is 0.333 e. The number of methoxy groups -OCH3 is 1. The number of hydrogen-bond acceptors (Lipinski definition) is 5. The van der Waals surface area contributed by atoms with Crippen LogP contribution in [0.1, 0.15) is 25.0 Å². The van der Waals surface area contributed by atoms with E-state index in [0.29, 0.717) is 31.0 Å². The van der Waals surface area contributed by atoms with Crippen LogP contribution in [0.3, 0.4) is 0 Å². The summed E-state index contributed by atoms with van der Waals surface area (Å²) in [6.07, 6.45) is 4.16. The molecule has 5 nitrogen and oxygen atoms in total. The van der Waals surface area contributed by atoms with Crippen molar-refractivity contribution in [2.45, 2.75) is 26.8 Å². The van der Waals surface area contributed by atoms with E-state index < -0.39 is 0 Å². The molecule has 0 spiro atoms. The zero-order chi connectivity index (χ0) is 12.7. The van der Waals surface area contributed by atoms with Crippen molar-refractivity contribution in [2.24, 2.45) is 0 Å². The first kappa shape index (κ1) is 13.4. The molecule has 0 saturated heterocycles. The van der Waals surface area contributed by atoms with Crippen molar-refractivity contribution < 1.29 is 13.9 Å². The molecular formula is C12H18N2O3. The molecule has 0 fully saturated rings. The Kier molecular flexibility index (Phi) is 5.42. The van der Waals surface area contributed by atoms with E-state index in [1.807, 2.05) is 19.9 Å². The van der Waals surface area contributed by atoms with Gasteiger partial charge in [0.1, 0.15) is 5.76 Å². The van der Waals surface area contributed by atoms with E-state index in [2.05, 4.69) is 15.0 Å². The monoisotopic (exact) mass is 238 g/mol. The van der Waals surface area contributed by atoms with Crippen molar-refractivity contribution >= 4 is 5.97 Å². The second-order valence-electron chi connectivity index (χ2n) is 3.57. The Morgan fingerprint density at radius 2 is 2.41 bits per heavy atom. The summed E-state index contributed by atoms with van der Waals surface area (Å²) in [5.41, 5.74) is 0.670. The van der Waals surface area contributed by atoms with Gasteiger partial charge in [0.2, 0.25) is 5.89 Å². The van der Waals surface area contributed by atoms with Crippen LogP contribution in [0, 0.1) is 6.92 Å². The lowest BCUT2D eigenvalue weighted by Crippen LogP contribution is -2.15. The van der Waals surface area contributed by atoms with Crippen molar-refractivity contribution in [1.29, 1.82) is 0 Å². The fourth-order valence-electron chi connectivity index (χ4n) is 1.36. The van der Waals surface area contributed by atoms with Gasteiger partial charge in [0.05, 0.1) is 19.9 Å². The Bertz CT molecular complexity index is 396. The van der Waals surface area contributed by atoms with Gasteiger partial charge >= 0.3 is 5.97 Å². The van der Waals surface area contributed by atoms with Crippen molar-refractivity contribution in [3.05, 3.63) is 29.5 Å². The maximum Gasteiger partial charge on any atom is 0.333 e. The number of ether oxygens (including phenoxy) is 1. The topological polar surface area (TPSA) is 64.4 Å². The molecule has 0 aliphatic rings. The fraction of sp³-hybridized carbons (Fsp3) is 0.500. The van der Waals surface area contributed by atoms with Crippen LogP contribution in [0.25, 0.3) is 0 Å². The Balaban J connectivity index is 2.35. The summed E-state index contributed by atoms with van der Waals surface area (Å²) < 4.78 is 9.96. The summed E-state index contributed by atoms with van der Waals surface area (Å²) in [6, 6.07) is 0. The van der Waals surface area contributed by atoms with Crippen LogP contribution < -0.4 is 5.32 Å². The van der Waals surface area contributed by atoms with Crippen LogP contribution in [-0.2, 0) is 16.1 Å². The minimum absolute atomic E-state index is 0.277. The lowest BCUT2D eigenvalue weighted by molar-refractivity contribution is -0.136. The van der Waals surface area contributed by atoms with E-state index >= 15 is 0 Å². The van der Waals surface area contributed by atoms with E-state index in [-0.39, 0.29) is 5.97 Å². The fourth-order valence-corrected chi connectivity index (χ4v) is 1.36. The van der Waals surface area contributed by atoms with Gasteiger partial charge in [-0.25, -0.2) is 9.78 Å². The van der Waals surface area contributed by atoms with Crippen molar-refractivity contribution in [3.8, 4) is 0 Å². The normalized spacial score (nSPS) is 11.6. The molecule has 94 valence electrons. The molecule has 0 aromatic carbocycles. The number of hydrogen-bond donors (Lipinski definition) is 1. The maximum absolute atomic E-state index is 11.3. The molecule has 1 heterocycles. The van der Waals surface area contributed by atoms with Gasteiger partial charge in [0, 0.05) is 12.1 Å². The molecule has 0 unspecified atom stereocenters. The number of nitrogens with one attached hydrogen (secondary N) is 1. The summed E-state index contributed by atoms with van der Waals surface area (Å²) in [7, 11) is 1.38. The van der Waals surface area contributed by atoms with E-state index in [1.165, 1.54) is 7.11 Å². The Hall–Kier alpha value is -1.62. The standard InChI is InChI=1S/C12H18N2O3/c1-4-10(12(15)16-3)5-6-13-8-11-14-7-9(2)17-11/h5,7,13H,4,6,8H2,1-3H3/b10-5-. The third kappa shape index (κ3) is 4.40. The predicted octanol–water partition coefficient (Wildman–Crippen LogP) is 1.58. The first-order chi connectivity index (χ1) is 8.17. The third-order valence-corrected chi connectivity index (χ3v) is 2.27. The minimum atomic E-state index is -0.277. The van der Waals surface area contributed by atoms with Gasteiger partial charge < -0.3 is 14.5 Å². The Morgan fingerprint density at radius 1 is 1.65 bits per heavy atom. The third-order valence-electron chi connectivity index (χ3n) is 2.27. The van der Waals surface area contributed by atoms with Crippen LogP contribution in [0.5, 0.6) is 0 Å². The maximum atomic E-state index is 11.3. The van der Waals surface area contributed by atoms with Gasteiger partial charge in [-0.3, -0.25) is 0 Å². The lowest BCUT2D eigenvalue weighted by atomic mass is 10.2. The number of carbonyl (C=O) groups is 1. The van der Waals surface area contributed by atoms with E-state index in [0.717, 1.165) is 5.76 Å². The number of nitrogens with zero attached hydrogens (tertiary/aromatic N) is 1. The molecule has 17 heavy (non-hydrogen) atoms. The van der Waals surface area contributed by atoms with Crippen LogP contribution in [0.15, 0.2) is 22.3 Å². The van der Waals surface area contributed by atoms with Gasteiger partial charge in [-0.2, -0.15) is 0 Å². The molecule has 5 heteroatoms. The molecule has 1 rings (SSSR count). The van der Waals surface area contributed by atoms with Crippen LogP contribution in [0.2, 0.25) is 0 Å². The van der Waals surface area contributed by atoms with Crippen LogP contribution >= 0.6 is 0 Å². The van der Waals surface area contributed by atoms with Crippen LogP contribution in [0.4, 0.5) is 0 Å². The molecule has 1 aromatic heterocycles. The number of aromatic nitrogens is 1. The quantitative estimate of drug-likeness (QED) is 0.463. The first-order valence-electron chi connectivity index (χ1n) is 5.56. The second kappa shape index (κ2) is 6.85. The summed E-state index contributed by atoms with van der Waals surface area (Å²) in [6.45, 7) is 4.89. The predicted molar refractivity (Wildman–Crippen MR) is 63.3 cm³/mol. The zero-order valence-corrected chi connectivity index (χ0v) is 10.4. The first-order valence-corrected chi connectivity index (χ1v) is 5.56. The Labute approximate surface area is 101 Å². The Morgan fingerprint density at radius 3 is 2.94 bits per heavy atom. The molecule has 0 aliphatic heterocycles. The van der Waals surface area contributed by atoms with Crippen molar-refractivity contribution in [2.75, 3.05) is 13.7 Å². The average molecular weight is 238 g/mol. The minimum Gasteiger partial charge on any atom is -0.466 e. The molecule has 1 aromatic rings. The molecule has 0 radical (unpaired) electrons.